The fraction of sp³-hybridized carbons (Fsp3) is 0.222. The summed E-state index contributed by atoms with van der Waals surface area (Å²) in [6.07, 6.45) is 0. The van der Waals surface area contributed by atoms with E-state index in [2.05, 4.69) is 0 Å². The van der Waals surface area contributed by atoms with E-state index in [1.54, 1.807) is 12.1 Å². The van der Waals surface area contributed by atoms with Crippen LogP contribution in [0.15, 0.2) is 29.2 Å². The van der Waals surface area contributed by atoms with Crippen molar-refractivity contribution in [3.63, 3.8) is 0 Å². The minimum atomic E-state index is -1.30. The predicted octanol–water partition coefficient (Wildman–Crippen LogP) is 0.588. The fourth-order valence-electron chi connectivity index (χ4n) is 0.970. The van der Waals surface area contributed by atoms with Crippen LogP contribution in [0.3, 0.4) is 0 Å². The highest BCUT2D eigenvalue weighted by molar-refractivity contribution is 7.85. The molecule has 0 heterocycles. The van der Waals surface area contributed by atoms with E-state index in [-0.39, 0.29) is 5.75 Å². The Morgan fingerprint density at radius 1 is 1.54 bits per heavy atom. The molecule has 1 unspecified atom stereocenters. The first-order valence-corrected chi connectivity index (χ1v) is 5.15. The van der Waals surface area contributed by atoms with E-state index < -0.39 is 16.7 Å². The molecule has 0 spiro atoms. The van der Waals surface area contributed by atoms with Gasteiger partial charge in [0, 0.05) is 4.90 Å². The summed E-state index contributed by atoms with van der Waals surface area (Å²) in [5.41, 5.74) is 5.96. The topological polar surface area (TPSA) is 60.2 Å². The summed E-state index contributed by atoms with van der Waals surface area (Å²) >= 11 is 0. The van der Waals surface area contributed by atoms with E-state index in [4.69, 9.17) is 5.73 Å². The molecule has 0 aliphatic carbocycles. The van der Waals surface area contributed by atoms with Crippen molar-refractivity contribution in [2.45, 2.75) is 11.8 Å². The van der Waals surface area contributed by atoms with Crippen molar-refractivity contribution in [1.82, 2.24) is 0 Å². The molecule has 0 aliphatic heterocycles. The number of amides is 1. The maximum absolute atomic E-state index is 11.4. The standard InChI is InChI=1S/C9H11NO2S/c1-7-3-2-4-8(5-7)13(12)6-9(10)11/h2-5H,6H2,1H3,(H2,10,11). The third kappa shape index (κ3) is 2.99. The molecular weight excluding hydrogens is 186 g/mol. The van der Waals surface area contributed by atoms with Gasteiger partial charge in [-0.15, -0.1) is 0 Å². The molecule has 1 aromatic rings. The number of nitrogens with two attached hydrogens (primary N) is 1. The van der Waals surface area contributed by atoms with Crippen LogP contribution < -0.4 is 5.73 Å². The Bertz CT molecular complexity index is 349. The number of carbonyl (C=O) groups is 1. The SMILES string of the molecule is Cc1cccc(S(=O)CC(N)=O)c1. The van der Waals surface area contributed by atoms with E-state index >= 15 is 0 Å². The number of hydrogen-bond acceptors (Lipinski definition) is 2. The first-order valence-electron chi connectivity index (χ1n) is 3.83. The zero-order valence-electron chi connectivity index (χ0n) is 7.32. The third-order valence-electron chi connectivity index (χ3n) is 1.53. The van der Waals surface area contributed by atoms with Crippen LogP contribution in [0.4, 0.5) is 0 Å². The van der Waals surface area contributed by atoms with Crippen LogP contribution in [0, 0.1) is 6.92 Å². The Kier molecular flexibility index (Phi) is 3.19. The van der Waals surface area contributed by atoms with Crippen LogP contribution in [0.5, 0.6) is 0 Å². The van der Waals surface area contributed by atoms with Crippen LogP contribution in [-0.2, 0) is 15.6 Å². The van der Waals surface area contributed by atoms with E-state index in [0.29, 0.717) is 4.90 Å². The molecule has 4 heteroatoms. The summed E-state index contributed by atoms with van der Waals surface area (Å²) < 4.78 is 11.4. The van der Waals surface area contributed by atoms with Gasteiger partial charge >= 0.3 is 0 Å². The van der Waals surface area contributed by atoms with Gasteiger partial charge in [-0.25, -0.2) is 0 Å². The van der Waals surface area contributed by atoms with Gasteiger partial charge in [0.2, 0.25) is 5.91 Å². The van der Waals surface area contributed by atoms with Crippen molar-refractivity contribution in [3.8, 4) is 0 Å². The molecule has 0 radical (unpaired) electrons. The summed E-state index contributed by atoms with van der Waals surface area (Å²) in [7, 11) is -1.30. The molecule has 0 saturated heterocycles. The number of benzene rings is 1. The Balaban J connectivity index is 2.83. The maximum atomic E-state index is 11.4. The van der Waals surface area contributed by atoms with Crippen LogP contribution >= 0.6 is 0 Å². The van der Waals surface area contributed by atoms with E-state index in [0.717, 1.165) is 5.56 Å². The molecular formula is C9H11NO2S. The van der Waals surface area contributed by atoms with Crippen molar-refractivity contribution < 1.29 is 9.00 Å². The predicted molar refractivity (Wildman–Crippen MR) is 51.6 cm³/mol. The number of rotatable bonds is 3. The molecule has 70 valence electrons. The fourth-order valence-corrected chi connectivity index (χ4v) is 1.94. The maximum Gasteiger partial charge on any atom is 0.230 e. The third-order valence-corrected chi connectivity index (χ3v) is 2.85. The second-order valence-electron chi connectivity index (χ2n) is 2.77. The van der Waals surface area contributed by atoms with E-state index in [9.17, 15) is 9.00 Å². The molecule has 1 amide bonds. The highest BCUT2D eigenvalue weighted by Gasteiger charge is 2.06. The van der Waals surface area contributed by atoms with Crippen LogP contribution in [0.25, 0.3) is 0 Å². The number of hydrogen-bond donors (Lipinski definition) is 1. The van der Waals surface area contributed by atoms with Crippen LogP contribution in [-0.4, -0.2) is 15.9 Å². The quantitative estimate of drug-likeness (QED) is 0.770. The molecule has 3 nitrogen and oxygen atoms in total. The minimum Gasteiger partial charge on any atom is -0.369 e. The average Bonchev–Trinajstić information content (AvgIpc) is 2.03. The number of carbonyl (C=O) groups excluding carboxylic acids is 1. The molecule has 0 aliphatic rings. The van der Waals surface area contributed by atoms with Crippen molar-refractivity contribution in [2.24, 2.45) is 5.73 Å². The molecule has 1 atom stereocenters. The average molecular weight is 197 g/mol. The van der Waals surface area contributed by atoms with Crippen LogP contribution in [0.2, 0.25) is 0 Å². The zero-order chi connectivity index (χ0) is 9.84. The van der Waals surface area contributed by atoms with Gasteiger partial charge in [-0.05, 0) is 24.6 Å². The first kappa shape index (κ1) is 9.92. The lowest BCUT2D eigenvalue weighted by molar-refractivity contribution is -0.115. The lowest BCUT2D eigenvalue weighted by atomic mass is 10.2. The van der Waals surface area contributed by atoms with Crippen molar-refractivity contribution >= 4 is 16.7 Å². The van der Waals surface area contributed by atoms with E-state index in [1.807, 2.05) is 19.1 Å². The van der Waals surface area contributed by atoms with E-state index in [1.165, 1.54) is 0 Å². The van der Waals surface area contributed by atoms with Crippen LogP contribution in [0.1, 0.15) is 5.56 Å². The normalized spacial score (nSPS) is 12.4. The summed E-state index contributed by atoms with van der Waals surface area (Å²) in [6.45, 7) is 1.91. The number of aryl methyl sites for hydroxylation is 1. The highest BCUT2D eigenvalue weighted by Crippen LogP contribution is 2.08. The summed E-state index contributed by atoms with van der Waals surface area (Å²) in [5, 5.41) is 0. The lowest BCUT2D eigenvalue weighted by Crippen LogP contribution is -2.19. The molecule has 13 heavy (non-hydrogen) atoms. The highest BCUT2D eigenvalue weighted by atomic mass is 32.2. The minimum absolute atomic E-state index is 0.108. The van der Waals surface area contributed by atoms with Crippen molar-refractivity contribution in [1.29, 1.82) is 0 Å². The zero-order valence-corrected chi connectivity index (χ0v) is 8.14. The molecule has 1 rings (SSSR count). The summed E-state index contributed by atoms with van der Waals surface area (Å²) in [5.74, 6) is -0.650. The molecule has 0 saturated carbocycles. The largest absolute Gasteiger partial charge is 0.369 e. The monoisotopic (exact) mass is 197 g/mol. The molecule has 0 fully saturated rings. The molecule has 0 bridgehead atoms. The van der Waals surface area contributed by atoms with Gasteiger partial charge in [-0.2, -0.15) is 0 Å². The molecule has 2 N–H and O–H groups in total. The Hall–Kier alpha value is -1.16. The Labute approximate surface area is 79.4 Å². The van der Waals surface area contributed by atoms with Gasteiger partial charge in [-0.3, -0.25) is 9.00 Å². The van der Waals surface area contributed by atoms with Gasteiger partial charge in [0.15, 0.2) is 0 Å². The second-order valence-corrected chi connectivity index (χ2v) is 4.22. The molecule has 1 aromatic carbocycles. The summed E-state index contributed by atoms with van der Waals surface area (Å²) in [6, 6.07) is 7.24. The van der Waals surface area contributed by atoms with Crippen molar-refractivity contribution in [3.05, 3.63) is 29.8 Å². The van der Waals surface area contributed by atoms with Gasteiger partial charge in [-0.1, -0.05) is 12.1 Å². The molecule has 0 aromatic heterocycles. The van der Waals surface area contributed by atoms with Gasteiger partial charge in [0.1, 0.15) is 5.75 Å². The number of primary amides is 1. The van der Waals surface area contributed by atoms with Gasteiger partial charge in [0.05, 0.1) is 10.8 Å². The summed E-state index contributed by atoms with van der Waals surface area (Å²) in [4.78, 5) is 11.1. The smallest absolute Gasteiger partial charge is 0.230 e. The van der Waals surface area contributed by atoms with Gasteiger partial charge < -0.3 is 5.73 Å². The lowest BCUT2D eigenvalue weighted by Gasteiger charge is -2.00. The van der Waals surface area contributed by atoms with Gasteiger partial charge in [0.25, 0.3) is 0 Å². The first-order chi connectivity index (χ1) is 6.09. The second kappa shape index (κ2) is 4.18. The Morgan fingerprint density at radius 3 is 2.77 bits per heavy atom. The Morgan fingerprint density at radius 2 is 2.23 bits per heavy atom. The van der Waals surface area contributed by atoms with Crippen molar-refractivity contribution in [2.75, 3.05) is 5.75 Å².